The van der Waals surface area contributed by atoms with Crippen LogP contribution in [0.15, 0.2) is 114 Å². The predicted molar refractivity (Wildman–Crippen MR) is 139 cm³/mol. The number of halogens is 1. The van der Waals surface area contributed by atoms with Gasteiger partial charge in [-0.25, -0.2) is 4.39 Å². The smallest absolute Gasteiger partial charge is 0.252 e. The number of thioether (sulfide) groups is 1. The summed E-state index contributed by atoms with van der Waals surface area (Å²) in [5.74, 6) is -0.499. The van der Waals surface area contributed by atoms with Gasteiger partial charge in [0.25, 0.3) is 5.91 Å². The number of nitrogens with one attached hydrogen (secondary N) is 2. The molecule has 176 valence electrons. The Hall–Kier alpha value is -3.90. The van der Waals surface area contributed by atoms with Crippen molar-refractivity contribution < 1.29 is 14.0 Å². The van der Waals surface area contributed by atoms with E-state index < -0.39 is 17.8 Å². The zero-order valence-electron chi connectivity index (χ0n) is 19.0. The van der Waals surface area contributed by atoms with E-state index in [1.165, 1.54) is 23.8 Å². The maximum Gasteiger partial charge on any atom is 0.252 e. The zero-order valence-corrected chi connectivity index (χ0v) is 19.8. The summed E-state index contributed by atoms with van der Waals surface area (Å²) in [6.45, 7) is 0. The van der Waals surface area contributed by atoms with Gasteiger partial charge in [0.05, 0.1) is 0 Å². The molecule has 2 amide bonds. The molecular weight excluding hydrogens is 459 g/mol. The van der Waals surface area contributed by atoms with Crippen molar-refractivity contribution in [2.75, 3.05) is 5.32 Å². The van der Waals surface area contributed by atoms with Crippen LogP contribution in [0.2, 0.25) is 0 Å². The van der Waals surface area contributed by atoms with Crippen molar-refractivity contribution in [1.29, 1.82) is 0 Å². The van der Waals surface area contributed by atoms with Gasteiger partial charge < -0.3 is 10.6 Å². The van der Waals surface area contributed by atoms with E-state index in [2.05, 4.69) is 22.8 Å². The van der Waals surface area contributed by atoms with E-state index in [1.807, 2.05) is 72.8 Å². The number of amides is 2. The molecule has 0 fully saturated rings. The molecule has 4 rings (SSSR count). The second-order valence-electron chi connectivity index (χ2n) is 8.01. The van der Waals surface area contributed by atoms with Crippen LogP contribution in [0.3, 0.4) is 0 Å². The van der Waals surface area contributed by atoms with Crippen LogP contribution in [-0.2, 0) is 17.0 Å². The first-order chi connectivity index (χ1) is 17.1. The van der Waals surface area contributed by atoms with Gasteiger partial charge in [-0.15, -0.1) is 11.8 Å². The lowest BCUT2D eigenvalue weighted by Gasteiger charge is -2.19. The highest BCUT2D eigenvalue weighted by atomic mass is 32.2. The van der Waals surface area contributed by atoms with Gasteiger partial charge in [0.1, 0.15) is 11.9 Å². The highest BCUT2D eigenvalue weighted by Gasteiger charge is 2.22. The lowest BCUT2D eigenvalue weighted by atomic mass is 10.0. The van der Waals surface area contributed by atoms with Crippen molar-refractivity contribution in [3.63, 3.8) is 0 Å². The highest BCUT2D eigenvalue weighted by Crippen LogP contribution is 2.24. The van der Waals surface area contributed by atoms with Gasteiger partial charge in [0, 0.05) is 28.3 Å². The average Bonchev–Trinajstić information content (AvgIpc) is 2.89. The molecule has 35 heavy (non-hydrogen) atoms. The lowest BCUT2D eigenvalue weighted by Crippen LogP contribution is -2.45. The van der Waals surface area contributed by atoms with Crippen LogP contribution in [0.4, 0.5) is 10.1 Å². The van der Waals surface area contributed by atoms with Crippen molar-refractivity contribution in [2.45, 2.75) is 23.1 Å². The summed E-state index contributed by atoms with van der Waals surface area (Å²) in [5, 5.41) is 5.65. The molecule has 2 N–H and O–H groups in total. The fraction of sp³-hybridized carbons (Fsp3) is 0.103. The maximum absolute atomic E-state index is 13.6. The first-order valence-electron chi connectivity index (χ1n) is 11.2. The number of carbonyl (C=O) groups excluding carboxylic acids is 2. The second kappa shape index (κ2) is 12.0. The van der Waals surface area contributed by atoms with Crippen molar-refractivity contribution >= 4 is 29.3 Å². The van der Waals surface area contributed by atoms with Gasteiger partial charge >= 0.3 is 0 Å². The summed E-state index contributed by atoms with van der Waals surface area (Å²) in [5.41, 5.74) is 2.94. The Balaban J connectivity index is 1.42. The second-order valence-corrected chi connectivity index (χ2v) is 9.06. The van der Waals surface area contributed by atoms with Crippen LogP contribution in [0.1, 0.15) is 21.5 Å². The van der Waals surface area contributed by atoms with Crippen molar-refractivity contribution in [3.8, 4) is 0 Å². The van der Waals surface area contributed by atoms with Gasteiger partial charge in [-0.05, 0) is 53.6 Å². The minimum Gasteiger partial charge on any atom is -0.340 e. The molecule has 0 aliphatic rings. The normalized spacial score (nSPS) is 11.5. The number of hydrogen-bond donors (Lipinski definition) is 2. The monoisotopic (exact) mass is 484 g/mol. The number of anilines is 1. The summed E-state index contributed by atoms with van der Waals surface area (Å²) < 4.78 is 13.6. The summed E-state index contributed by atoms with van der Waals surface area (Å²) in [6, 6.07) is 31.8. The molecule has 0 radical (unpaired) electrons. The molecule has 0 saturated carbocycles. The molecule has 0 aliphatic heterocycles. The quantitative estimate of drug-likeness (QED) is 0.282. The predicted octanol–water partition coefficient (Wildman–Crippen LogP) is 6.10. The molecule has 0 heterocycles. The Bertz CT molecular complexity index is 1260. The standard InChI is InChI=1S/C29H25FN2O2S/c30-24-13-7-12-23(19-24)28(33)32-27(18-21-8-3-1-4-9-21)29(34)31-25-14-16-26(17-15-25)35-20-22-10-5-2-6-11-22/h1-17,19,27H,18,20H2,(H,31,34)(H,32,33). The first kappa shape index (κ1) is 24.2. The SMILES string of the molecule is O=C(NC(Cc1ccccc1)C(=O)Nc1ccc(SCc2ccccc2)cc1)c1cccc(F)c1. The molecular formula is C29H25FN2O2S. The van der Waals surface area contributed by atoms with Gasteiger partial charge in [-0.2, -0.15) is 0 Å². The van der Waals surface area contributed by atoms with Gasteiger partial charge in [-0.1, -0.05) is 66.7 Å². The van der Waals surface area contributed by atoms with Crippen molar-refractivity contribution in [2.24, 2.45) is 0 Å². The number of carbonyl (C=O) groups is 2. The van der Waals surface area contributed by atoms with Crippen molar-refractivity contribution in [1.82, 2.24) is 5.32 Å². The van der Waals surface area contributed by atoms with Crippen molar-refractivity contribution in [3.05, 3.63) is 132 Å². The third-order valence-corrected chi connectivity index (χ3v) is 6.44. The van der Waals surface area contributed by atoms with Crippen LogP contribution in [0.5, 0.6) is 0 Å². The zero-order chi connectivity index (χ0) is 24.5. The van der Waals surface area contributed by atoms with Crippen LogP contribution < -0.4 is 10.6 Å². The molecule has 0 aromatic heterocycles. The minimum atomic E-state index is -0.833. The van der Waals surface area contributed by atoms with E-state index in [0.29, 0.717) is 12.1 Å². The van der Waals surface area contributed by atoms with Crippen LogP contribution >= 0.6 is 11.8 Å². The molecule has 1 unspecified atom stereocenters. The summed E-state index contributed by atoms with van der Waals surface area (Å²) in [7, 11) is 0. The third kappa shape index (κ3) is 7.29. The van der Waals surface area contributed by atoms with E-state index in [9.17, 15) is 14.0 Å². The van der Waals surface area contributed by atoms with Gasteiger partial charge in [0.15, 0.2) is 0 Å². The van der Waals surface area contributed by atoms with Gasteiger partial charge in [-0.3, -0.25) is 9.59 Å². The number of hydrogen-bond acceptors (Lipinski definition) is 3. The third-order valence-electron chi connectivity index (χ3n) is 5.36. The fourth-order valence-electron chi connectivity index (χ4n) is 3.54. The Kier molecular flexibility index (Phi) is 8.30. The van der Waals surface area contributed by atoms with Crippen LogP contribution in [-0.4, -0.2) is 17.9 Å². The summed E-state index contributed by atoms with van der Waals surface area (Å²) in [4.78, 5) is 27.0. The molecule has 4 nitrogen and oxygen atoms in total. The molecule has 0 saturated heterocycles. The number of benzene rings is 4. The lowest BCUT2D eigenvalue weighted by molar-refractivity contribution is -0.118. The Morgan fingerprint density at radius 2 is 1.43 bits per heavy atom. The largest absolute Gasteiger partial charge is 0.340 e. The number of rotatable bonds is 9. The van der Waals surface area contributed by atoms with E-state index in [0.717, 1.165) is 22.3 Å². The molecule has 6 heteroatoms. The summed E-state index contributed by atoms with van der Waals surface area (Å²) in [6.07, 6.45) is 0.304. The molecule has 4 aromatic carbocycles. The molecule has 0 aliphatic carbocycles. The van der Waals surface area contributed by atoms with Gasteiger partial charge in [0.2, 0.25) is 5.91 Å². The van der Waals surface area contributed by atoms with E-state index in [4.69, 9.17) is 0 Å². The van der Waals surface area contributed by atoms with E-state index in [1.54, 1.807) is 11.8 Å². The topological polar surface area (TPSA) is 58.2 Å². The Morgan fingerprint density at radius 3 is 2.09 bits per heavy atom. The highest BCUT2D eigenvalue weighted by molar-refractivity contribution is 7.98. The van der Waals surface area contributed by atoms with Crippen LogP contribution in [0.25, 0.3) is 0 Å². The van der Waals surface area contributed by atoms with E-state index >= 15 is 0 Å². The first-order valence-corrected chi connectivity index (χ1v) is 12.2. The minimum absolute atomic E-state index is 0.163. The molecule has 1 atom stereocenters. The van der Waals surface area contributed by atoms with E-state index in [-0.39, 0.29) is 11.5 Å². The summed E-state index contributed by atoms with van der Waals surface area (Å²) >= 11 is 1.72. The van der Waals surface area contributed by atoms with Crippen LogP contribution in [0, 0.1) is 5.82 Å². The fourth-order valence-corrected chi connectivity index (χ4v) is 4.39. The average molecular weight is 485 g/mol. The maximum atomic E-state index is 13.6. The molecule has 4 aromatic rings. The Labute approximate surface area is 208 Å². The molecule has 0 spiro atoms. The Morgan fingerprint density at radius 1 is 0.771 bits per heavy atom. The molecule has 0 bridgehead atoms.